The maximum Gasteiger partial charge on any atom is 0.274 e. The van der Waals surface area contributed by atoms with Gasteiger partial charge in [0.1, 0.15) is 17.6 Å². The Kier molecular flexibility index (Phi) is 5.63. The van der Waals surface area contributed by atoms with E-state index in [0.29, 0.717) is 30.0 Å². The molecule has 1 amide bonds. The van der Waals surface area contributed by atoms with Gasteiger partial charge in [-0.25, -0.2) is 4.98 Å². The molecule has 0 unspecified atom stereocenters. The van der Waals surface area contributed by atoms with Crippen molar-refractivity contribution >= 4 is 34.4 Å². The molecule has 5 aromatic rings. The molecule has 1 N–H and O–H groups in total. The van der Waals surface area contributed by atoms with Crippen molar-refractivity contribution < 1.29 is 9.59 Å². The highest BCUT2D eigenvalue weighted by atomic mass is 16.2. The maximum atomic E-state index is 13.2. The normalized spacial score (nSPS) is 11.2. The topological polar surface area (TPSA) is 94.2 Å². The summed E-state index contributed by atoms with van der Waals surface area (Å²) in [4.78, 5) is 33.0. The third-order valence-electron chi connectivity index (χ3n) is 5.82. The van der Waals surface area contributed by atoms with Gasteiger partial charge in [0.25, 0.3) is 5.91 Å². The highest BCUT2D eigenvalue weighted by Crippen LogP contribution is 2.28. The van der Waals surface area contributed by atoms with E-state index in [0.717, 1.165) is 46.3 Å². The van der Waals surface area contributed by atoms with E-state index in [1.54, 1.807) is 16.8 Å². The number of carbonyl (C=O) groups is 2. The summed E-state index contributed by atoms with van der Waals surface area (Å²) in [6.07, 6.45) is 5.20. The summed E-state index contributed by atoms with van der Waals surface area (Å²) < 4.78 is 3.66. The molecule has 0 bridgehead atoms. The molecule has 0 aliphatic carbocycles. The first-order chi connectivity index (χ1) is 16.6. The fourth-order valence-electron chi connectivity index (χ4n) is 4.22. The Balaban J connectivity index is 1.49. The molecule has 0 aliphatic rings. The van der Waals surface area contributed by atoms with Gasteiger partial charge in [-0.1, -0.05) is 19.1 Å². The summed E-state index contributed by atoms with van der Waals surface area (Å²) in [5, 5.41) is 8.80. The van der Waals surface area contributed by atoms with Gasteiger partial charge in [0.05, 0.1) is 35.3 Å². The van der Waals surface area contributed by atoms with E-state index >= 15 is 0 Å². The van der Waals surface area contributed by atoms with Crippen molar-refractivity contribution in [3.63, 3.8) is 0 Å². The SMILES string of the molecule is CCc1nn(Cc2cccc(C)n2)c2cccc(NC(=O)c3cnc4cc(CC=O)ccn34)c12. The molecule has 0 spiro atoms. The van der Waals surface area contributed by atoms with Crippen LogP contribution in [-0.4, -0.2) is 36.3 Å². The van der Waals surface area contributed by atoms with Crippen LogP contribution >= 0.6 is 0 Å². The molecule has 170 valence electrons. The summed E-state index contributed by atoms with van der Waals surface area (Å²) in [5.74, 6) is -0.265. The van der Waals surface area contributed by atoms with Crippen molar-refractivity contribution in [3.05, 3.63) is 89.3 Å². The Labute approximate surface area is 196 Å². The van der Waals surface area contributed by atoms with Gasteiger partial charge in [-0.2, -0.15) is 5.10 Å². The number of pyridine rings is 2. The smallest absolute Gasteiger partial charge is 0.274 e. The molecule has 0 saturated carbocycles. The van der Waals surface area contributed by atoms with Gasteiger partial charge in [-0.3, -0.25) is 18.9 Å². The van der Waals surface area contributed by atoms with Crippen molar-refractivity contribution in [1.82, 2.24) is 24.1 Å². The number of aromatic nitrogens is 5. The third kappa shape index (κ3) is 3.94. The zero-order valence-corrected chi connectivity index (χ0v) is 19.0. The maximum absolute atomic E-state index is 13.2. The summed E-state index contributed by atoms with van der Waals surface area (Å²) in [7, 11) is 0. The van der Waals surface area contributed by atoms with E-state index < -0.39 is 0 Å². The van der Waals surface area contributed by atoms with Gasteiger partial charge in [0.15, 0.2) is 0 Å². The second-order valence-corrected chi connectivity index (χ2v) is 8.16. The number of imidazole rings is 1. The number of nitrogens with one attached hydrogen (secondary N) is 1. The molecule has 34 heavy (non-hydrogen) atoms. The Morgan fingerprint density at radius 1 is 1.15 bits per heavy atom. The van der Waals surface area contributed by atoms with Crippen molar-refractivity contribution in [3.8, 4) is 0 Å². The number of carbonyl (C=O) groups excluding carboxylic acids is 2. The number of benzene rings is 1. The minimum atomic E-state index is -0.265. The van der Waals surface area contributed by atoms with Crippen molar-refractivity contribution in [2.24, 2.45) is 0 Å². The molecule has 5 rings (SSSR count). The molecule has 0 atom stereocenters. The molecule has 0 saturated heterocycles. The molecular weight excluding hydrogens is 428 g/mol. The van der Waals surface area contributed by atoms with Crippen LogP contribution in [0.2, 0.25) is 0 Å². The number of amides is 1. The Morgan fingerprint density at radius 2 is 2.00 bits per heavy atom. The van der Waals surface area contributed by atoms with Crippen LogP contribution in [0.3, 0.4) is 0 Å². The Bertz CT molecular complexity index is 1530. The predicted octanol–water partition coefficient (Wildman–Crippen LogP) is 3.99. The number of rotatable bonds is 7. The first kappa shape index (κ1) is 21.5. The lowest BCUT2D eigenvalue weighted by Crippen LogP contribution is -2.14. The molecule has 0 radical (unpaired) electrons. The van der Waals surface area contributed by atoms with Crippen LogP contribution in [0, 0.1) is 6.92 Å². The summed E-state index contributed by atoms with van der Waals surface area (Å²) in [6, 6.07) is 15.4. The number of aryl methyl sites for hydroxylation is 2. The highest BCUT2D eigenvalue weighted by Gasteiger charge is 2.18. The molecule has 0 fully saturated rings. The fraction of sp³-hybridized carbons (Fsp3) is 0.192. The van der Waals surface area contributed by atoms with Crippen LogP contribution in [-0.2, 0) is 24.2 Å². The third-order valence-corrected chi connectivity index (χ3v) is 5.82. The van der Waals surface area contributed by atoms with E-state index in [2.05, 4.69) is 22.2 Å². The number of hydrogen-bond acceptors (Lipinski definition) is 5. The number of hydrogen-bond donors (Lipinski definition) is 1. The van der Waals surface area contributed by atoms with Crippen LogP contribution in [0.1, 0.15) is 40.1 Å². The van der Waals surface area contributed by atoms with E-state index in [1.807, 2.05) is 60.1 Å². The lowest BCUT2D eigenvalue weighted by atomic mass is 10.1. The lowest BCUT2D eigenvalue weighted by molar-refractivity contribution is -0.107. The van der Waals surface area contributed by atoms with Gasteiger partial charge in [0, 0.05) is 23.7 Å². The monoisotopic (exact) mass is 452 g/mol. The molecule has 1 aromatic carbocycles. The second kappa shape index (κ2) is 8.90. The van der Waals surface area contributed by atoms with Crippen LogP contribution in [0.4, 0.5) is 5.69 Å². The standard InChI is InChI=1S/C26H24N6O2/c1-3-20-25-21(8-5-9-22(25)32(30-20)16-19-7-4-6-17(2)28-19)29-26(34)23-15-27-24-14-18(11-13-33)10-12-31(23)24/h4-10,12-15H,3,11,16H2,1-2H3,(H,29,34). The van der Waals surface area contributed by atoms with Crippen molar-refractivity contribution in [1.29, 1.82) is 0 Å². The number of nitrogens with zero attached hydrogens (tertiary/aromatic N) is 5. The minimum Gasteiger partial charge on any atom is -0.320 e. The van der Waals surface area contributed by atoms with Gasteiger partial charge in [0.2, 0.25) is 0 Å². The van der Waals surface area contributed by atoms with Gasteiger partial charge >= 0.3 is 0 Å². The average molecular weight is 453 g/mol. The largest absolute Gasteiger partial charge is 0.320 e. The quantitative estimate of drug-likeness (QED) is 0.377. The van der Waals surface area contributed by atoms with E-state index in [1.165, 1.54) is 0 Å². The molecule has 8 heteroatoms. The van der Waals surface area contributed by atoms with Crippen molar-refractivity contribution in [2.45, 2.75) is 33.2 Å². The van der Waals surface area contributed by atoms with Gasteiger partial charge in [-0.05, 0) is 55.3 Å². The van der Waals surface area contributed by atoms with E-state index in [-0.39, 0.29) is 5.91 Å². The Hall–Kier alpha value is -4.33. The predicted molar refractivity (Wildman–Crippen MR) is 130 cm³/mol. The van der Waals surface area contributed by atoms with E-state index in [4.69, 9.17) is 5.10 Å². The van der Waals surface area contributed by atoms with E-state index in [9.17, 15) is 9.59 Å². The zero-order valence-electron chi connectivity index (χ0n) is 19.0. The van der Waals surface area contributed by atoms with Gasteiger partial charge in [-0.15, -0.1) is 0 Å². The Morgan fingerprint density at radius 3 is 2.79 bits per heavy atom. The molecular formula is C26H24N6O2. The van der Waals surface area contributed by atoms with Crippen LogP contribution in [0.15, 0.2) is 60.9 Å². The summed E-state index contributed by atoms with van der Waals surface area (Å²) >= 11 is 0. The van der Waals surface area contributed by atoms with Crippen LogP contribution in [0.5, 0.6) is 0 Å². The molecule has 4 heterocycles. The molecule has 8 nitrogen and oxygen atoms in total. The average Bonchev–Trinajstić information content (AvgIpc) is 3.41. The highest BCUT2D eigenvalue weighted by molar-refractivity contribution is 6.08. The van der Waals surface area contributed by atoms with Crippen LogP contribution < -0.4 is 5.32 Å². The number of anilines is 1. The number of fused-ring (bicyclic) bond motifs is 2. The zero-order chi connectivity index (χ0) is 23.7. The molecule has 0 aliphatic heterocycles. The number of aldehydes is 1. The lowest BCUT2D eigenvalue weighted by Gasteiger charge is -2.08. The van der Waals surface area contributed by atoms with Crippen molar-refractivity contribution in [2.75, 3.05) is 5.32 Å². The summed E-state index contributed by atoms with van der Waals surface area (Å²) in [5.41, 5.74) is 6.34. The fourth-order valence-corrected chi connectivity index (χ4v) is 4.22. The summed E-state index contributed by atoms with van der Waals surface area (Å²) in [6.45, 7) is 4.57. The first-order valence-electron chi connectivity index (χ1n) is 11.2. The van der Waals surface area contributed by atoms with Gasteiger partial charge < -0.3 is 10.1 Å². The second-order valence-electron chi connectivity index (χ2n) is 8.16. The van der Waals surface area contributed by atoms with Crippen LogP contribution in [0.25, 0.3) is 16.6 Å². The minimum absolute atomic E-state index is 0.265. The molecule has 4 aromatic heterocycles. The first-order valence-corrected chi connectivity index (χ1v) is 11.2.